The van der Waals surface area contributed by atoms with E-state index in [2.05, 4.69) is 22.5 Å². The molecule has 0 aliphatic carbocycles. The number of hydrogen-bond acceptors (Lipinski definition) is 5. The minimum absolute atomic E-state index is 0.269. The molecule has 1 aliphatic heterocycles. The van der Waals surface area contributed by atoms with Crippen molar-refractivity contribution >= 4 is 30.2 Å². The molecule has 1 aromatic carbocycles. The van der Waals surface area contributed by atoms with Crippen molar-refractivity contribution in [1.82, 2.24) is 0 Å². The van der Waals surface area contributed by atoms with Gasteiger partial charge in [-0.2, -0.15) is 0 Å². The molecule has 2 rings (SSSR count). The standard InChI is InChI=1S/C18H25BrO5Si/c1-6-25(4,5)24-16-15(23-17(20)18(16,2)19)12-22-11-13-7-9-14(21-3)10-8-13/h6-10,15-16H,1,11-12H2,2-5H3/t15-,16-,18?/m1/s1. The van der Waals surface area contributed by atoms with Crippen LogP contribution in [-0.4, -0.2) is 44.5 Å². The Balaban J connectivity index is 1.98. The van der Waals surface area contributed by atoms with Gasteiger partial charge in [-0.25, -0.2) is 0 Å². The fourth-order valence-electron chi connectivity index (χ4n) is 2.48. The van der Waals surface area contributed by atoms with Crippen molar-refractivity contribution in [2.45, 2.75) is 43.2 Å². The van der Waals surface area contributed by atoms with Crippen LogP contribution in [0.1, 0.15) is 12.5 Å². The lowest BCUT2D eigenvalue weighted by molar-refractivity contribution is -0.145. The molecule has 1 fully saturated rings. The zero-order valence-corrected chi connectivity index (χ0v) is 17.7. The number of hydrogen-bond donors (Lipinski definition) is 0. The highest BCUT2D eigenvalue weighted by Gasteiger charge is 2.55. The molecule has 0 amide bonds. The fourth-order valence-corrected chi connectivity index (χ4v) is 4.27. The molecular formula is C18H25BrO5Si. The maximum Gasteiger partial charge on any atom is 0.325 e. The van der Waals surface area contributed by atoms with Crippen molar-refractivity contribution in [3.8, 4) is 5.75 Å². The molecule has 1 heterocycles. The first-order chi connectivity index (χ1) is 11.7. The van der Waals surface area contributed by atoms with Crippen LogP contribution >= 0.6 is 15.9 Å². The molecule has 1 aromatic rings. The Bertz CT molecular complexity index is 614. The molecule has 7 heteroatoms. The molecule has 3 atom stereocenters. The first-order valence-corrected chi connectivity index (χ1v) is 11.9. The first kappa shape index (κ1) is 20.2. The topological polar surface area (TPSA) is 54.0 Å². The van der Waals surface area contributed by atoms with E-state index in [1.54, 1.807) is 14.0 Å². The predicted molar refractivity (Wildman–Crippen MR) is 102 cm³/mol. The quantitative estimate of drug-likeness (QED) is 0.359. The number of benzene rings is 1. The van der Waals surface area contributed by atoms with E-state index in [1.165, 1.54) is 0 Å². The Labute approximate surface area is 158 Å². The van der Waals surface area contributed by atoms with E-state index in [1.807, 2.05) is 43.1 Å². The molecule has 5 nitrogen and oxygen atoms in total. The number of halogens is 1. The van der Waals surface area contributed by atoms with Gasteiger partial charge >= 0.3 is 5.97 Å². The second kappa shape index (κ2) is 8.03. The summed E-state index contributed by atoms with van der Waals surface area (Å²) in [7, 11) is -0.454. The maximum atomic E-state index is 12.2. The predicted octanol–water partition coefficient (Wildman–Crippen LogP) is 3.61. The Morgan fingerprint density at radius 2 is 2.00 bits per heavy atom. The van der Waals surface area contributed by atoms with Crippen LogP contribution in [0.5, 0.6) is 5.75 Å². The van der Waals surface area contributed by atoms with Crippen molar-refractivity contribution < 1.29 is 23.4 Å². The van der Waals surface area contributed by atoms with E-state index < -0.39 is 24.8 Å². The van der Waals surface area contributed by atoms with Gasteiger partial charge in [0.2, 0.25) is 8.32 Å². The number of rotatable bonds is 8. The first-order valence-electron chi connectivity index (χ1n) is 8.11. The van der Waals surface area contributed by atoms with Gasteiger partial charge in [-0.3, -0.25) is 4.79 Å². The zero-order valence-electron chi connectivity index (χ0n) is 15.1. The van der Waals surface area contributed by atoms with Gasteiger partial charge in [-0.1, -0.05) is 33.8 Å². The number of esters is 1. The Hall–Kier alpha value is -1.15. The monoisotopic (exact) mass is 428 g/mol. The maximum absolute atomic E-state index is 12.2. The second-order valence-corrected chi connectivity index (χ2v) is 12.2. The highest BCUT2D eigenvalue weighted by atomic mass is 79.9. The van der Waals surface area contributed by atoms with Crippen LogP contribution in [0.15, 0.2) is 36.5 Å². The third-order valence-electron chi connectivity index (χ3n) is 4.16. The highest BCUT2D eigenvalue weighted by Crippen LogP contribution is 2.38. The van der Waals surface area contributed by atoms with Crippen LogP contribution in [-0.2, 0) is 25.3 Å². The summed E-state index contributed by atoms with van der Waals surface area (Å²) in [5.41, 5.74) is 2.86. The van der Waals surface area contributed by atoms with Crippen LogP contribution in [0, 0.1) is 0 Å². The van der Waals surface area contributed by atoms with Crippen molar-refractivity contribution in [2.75, 3.05) is 13.7 Å². The van der Waals surface area contributed by atoms with Crippen LogP contribution < -0.4 is 4.74 Å². The van der Waals surface area contributed by atoms with Gasteiger partial charge in [-0.15, -0.1) is 6.58 Å². The minimum Gasteiger partial charge on any atom is -0.497 e. The molecule has 0 aromatic heterocycles. The smallest absolute Gasteiger partial charge is 0.325 e. The van der Waals surface area contributed by atoms with Gasteiger partial charge in [0, 0.05) is 0 Å². The van der Waals surface area contributed by atoms with Crippen LogP contribution in [0.25, 0.3) is 0 Å². The lowest BCUT2D eigenvalue weighted by Gasteiger charge is -2.31. The van der Waals surface area contributed by atoms with E-state index in [-0.39, 0.29) is 12.6 Å². The molecule has 0 radical (unpaired) electrons. The minimum atomic E-state index is -2.08. The number of cyclic esters (lactones) is 1. The lowest BCUT2D eigenvalue weighted by atomic mass is 10.0. The summed E-state index contributed by atoms with van der Waals surface area (Å²) in [6.45, 7) is 10.4. The summed E-state index contributed by atoms with van der Waals surface area (Å²) in [6.07, 6.45) is -0.877. The molecular weight excluding hydrogens is 404 g/mol. The Morgan fingerprint density at radius 1 is 1.36 bits per heavy atom. The number of carbonyl (C=O) groups is 1. The largest absolute Gasteiger partial charge is 0.497 e. The van der Waals surface area contributed by atoms with Crippen LogP contribution in [0.3, 0.4) is 0 Å². The highest BCUT2D eigenvalue weighted by molar-refractivity contribution is 9.10. The van der Waals surface area contributed by atoms with Crippen LogP contribution in [0.4, 0.5) is 0 Å². The lowest BCUT2D eigenvalue weighted by Crippen LogP contribution is -2.47. The third kappa shape index (κ3) is 4.94. The van der Waals surface area contributed by atoms with E-state index >= 15 is 0 Å². The second-order valence-electron chi connectivity index (χ2n) is 6.73. The number of carbonyl (C=O) groups excluding carboxylic acids is 1. The molecule has 0 N–H and O–H groups in total. The van der Waals surface area contributed by atoms with Crippen LogP contribution in [0.2, 0.25) is 13.1 Å². The summed E-state index contributed by atoms with van der Waals surface area (Å²) < 4.78 is 21.7. The Morgan fingerprint density at radius 3 is 2.56 bits per heavy atom. The molecule has 25 heavy (non-hydrogen) atoms. The Kier molecular flexibility index (Phi) is 6.48. The average Bonchev–Trinajstić information content (AvgIpc) is 2.78. The van der Waals surface area contributed by atoms with Gasteiger partial charge in [0.05, 0.1) is 20.3 Å². The molecule has 1 saturated heterocycles. The molecule has 0 bridgehead atoms. The van der Waals surface area contributed by atoms with Crippen molar-refractivity contribution in [3.05, 3.63) is 42.1 Å². The summed E-state index contributed by atoms with van der Waals surface area (Å²) in [4.78, 5) is 12.2. The molecule has 1 unspecified atom stereocenters. The van der Waals surface area contributed by atoms with E-state index in [4.69, 9.17) is 18.6 Å². The fraction of sp³-hybridized carbons (Fsp3) is 0.500. The SMILES string of the molecule is C=C[Si](C)(C)O[C@@H]1[C@@H](COCc2ccc(OC)cc2)OC(=O)C1(C)Br. The van der Waals surface area contributed by atoms with Gasteiger partial charge in [0.15, 0.2) is 6.10 Å². The summed E-state index contributed by atoms with van der Waals surface area (Å²) in [5.74, 6) is 0.470. The third-order valence-corrected chi connectivity index (χ3v) is 6.78. The van der Waals surface area contributed by atoms with Crippen molar-refractivity contribution in [2.24, 2.45) is 0 Å². The molecule has 138 valence electrons. The number of ether oxygens (including phenoxy) is 3. The number of alkyl halides is 1. The van der Waals surface area contributed by atoms with Gasteiger partial charge in [0.25, 0.3) is 0 Å². The van der Waals surface area contributed by atoms with Crippen molar-refractivity contribution in [1.29, 1.82) is 0 Å². The number of methoxy groups -OCH3 is 1. The normalized spacial score (nSPS) is 26.4. The summed E-state index contributed by atoms with van der Waals surface area (Å²) in [5, 5.41) is 0. The average molecular weight is 429 g/mol. The van der Waals surface area contributed by atoms with E-state index in [0.717, 1.165) is 11.3 Å². The van der Waals surface area contributed by atoms with Gasteiger partial charge < -0.3 is 18.6 Å². The van der Waals surface area contributed by atoms with E-state index in [9.17, 15) is 4.79 Å². The van der Waals surface area contributed by atoms with Gasteiger partial charge in [0.1, 0.15) is 16.2 Å². The zero-order chi connectivity index (χ0) is 18.7. The van der Waals surface area contributed by atoms with Gasteiger partial charge in [-0.05, 0) is 37.7 Å². The summed E-state index contributed by atoms with van der Waals surface area (Å²) in [6, 6.07) is 7.65. The summed E-state index contributed by atoms with van der Waals surface area (Å²) >= 11 is 3.47. The van der Waals surface area contributed by atoms with E-state index in [0.29, 0.717) is 6.61 Å². The molecule has 1 aliphatic rings. The molecule has 0 spiro atoms. The van der Waals surface area contributed by atoms with Crippen molar-refractivity contribution in [3.63, 3.8) is 0 Å². The molecule has 0 saturated carbocycles.